The van der Waals surface area contributed by atoms with E-state index >= 15 is 0 Å². The Morgan fingerprint density at radius 3 is 2.82 bits per heavy atom. The van der Waals surface area contributed by atoms with E-state index in [0.717, 1.165) is 23.9 Å². The first-order chi connectivity index (χ1) is 16.1. The predicted molar refractivity (Wildman–Crippen MR) is 129 cm³/mol. The highest BCUT2D eigenvalue weighted by Gasteiger charge is 2.33. The SMILES string of the molecule is CCOC(=O)C1=C(C)N=c2s/c(=C\c3ccc(N4CCCCC4)o3)c(=O)n2[C@H]1c1cccs1. The van der Waals surface area contributed by atoms with Crippen LogP contribution in [-0.2, 0) is 9.53 Å². The van der Waals surface area contributed by atoms with Gasteiger partial charge in [0.1, 0.15) is 11.8 Å². The van der Waals surface area contributed by atoms with E-state index in [1.54, 1.807) is 24.5 Å². The van der Waals surface area contributed by atoms with Crippen LogP contribution in [0.1, 0.15) is 49.8 Å². The minimum absolute atomic E-state index is 0.192. The van der Waals surface area contributed by atoms with Gasteiger partial charge in [0.05, 0.1) is 22.4 Å². The summed E-state index contributed by atoms with van der Waals surface area (Å²) in [5.74, 6) is 1.03. The van der Waals surface area contributed by atoms with Gasteiger partial charge in [0.25, 0.3) is 5.56 Å². The molecule has 5 heterocycles. The molecule has 9 heteroatoms. The Kier molecular flexibility index (Phi) is 6.07. The third-order valence-corrected chi connectivity index (χ3v) is 7.79. The van der Waals surface area contributed by atoms with Crippen LogP contribution in [-0.4, -0.2) is 30.2 Å². The van der Waals surface area contributed by atoms with E-state index in [9.17, 15) is 9.59 Å². The largest absolute Gasteiger partial charge is 0.463 e. The summed E-state index contributed by atoms with van der Waals surface area (Å²) in [5.41, 5.74) is 0.788. The number of hydrogen-bond acceptors (Lipinski definition) is 8. The van der Waals surface area contributed by atoms with Gasteiger partial charge in [-0.2, -0.15) is 0 Å². The molecular weight excluding hydrogens is 458 g/mol. The quantitative estimate of drug-likeness (QED) is 0.520. The number of rotatable bonds is 5. The molecule has 1 saturated heterocycles. The molecule has 0 spiro atoms. The van der Waals surface area contributed by atoms with E-state index in [1.165, 1.54) is 41.9 Å². The van der Waals surface area contributed by atoms with Crippen LogP contribution >= 0.6 is 22.7 Å². The zero-order valence-electron chi connectivity index (χ0n) is 18.6. The van der Waals surface area contributed by atoms with Crippen LogP contribution in [0.5, 0.6) is 0 Å². The molecule has 0 bridgehead atoms. The molecule has 0 unspecified atom stereocenters. The summed E-state index contributed by atoms with van der Waals surface area (Å²) in [6.45, 7) is 5.80. The number of piperidine rings is 1. The van der Waals surface area contributed by atoms with Crippen LogP contribution in [0.15, 0.2) is 55.1 Å². The van der Waals surface area contributed by atoms with Gasteiger partial charge in [0.15, 0.2) is 10.7 Å². The van der Waals surface area contributed by atoms with Gasteiger partial charge in [-0.15, -0.1) is 11.3 Å². The van der Waals surface area contributed by atoms with Crippen molar-refractivity contribution in [2.45, 2.75) is 39.2 Å². The highest BCUT2D eigenvalue weighted by molar-refractivity contribution is 7.10. The van der Waals surface area contributed by atoms with Gasteiger partial charge in [-0.3, -0.25) is 9.36 Å². The fourth-order valence-corrected chi connectivity index (χ4v) is 6.19. The lowest BCUT2D eigenvalue weighted by Crippen LogP contribution is -2.39. The van der Waals surface area contributed by atoms with E-state index < -0.39 is 12.0 Å². The number of anilines is 1. The van der Waals surface area contributed by atoms with Gasteiger partial charge in [-0.05, 0) is 50.6 Å². The van der Waals surface area contributed by atoms with Crippen LogP contribution < -0.4 is 19.8 Å². The fourth-order valence-electron chi connectivity index (χ4n) is 4.34. The lowest BCUT2D eigenvalue weighted by atomic mass is 10.0. The molecule has 0 aromatic carbocycles. The molecule has 5 rings (SSSR count). The monoisotopic (exact) mass is 483 g/mol. The molecule has 2 aliphatic rings. The lowest BCUT2D eigenvalue weighted by molar-refractivity contribution is -0.139. The number of thiophene rings is 1. The first-order valence-corrected chi connectivity index (χ1v) is 12.8. The Balaban J connectivity index is 1.58. The Morgan fingerprint density at radius 2 is 2.09 bits per heavy atom. The summed E-state index contributed by atoms with van der Waals surface area (Å²) in [7, 11) is 0. The first kappa shape index (κ1) is 21.9. The number of thiazole rings is 1. The van der Waals surface area contributed by atoms with Gasteiger partial charge in [0, 0.05) is 30.1 Å². The highest BCUT2D eigenvalue weighted by atomic mass is 32.1. The third kappa shape index (κ3) is 4.11. The van der Waals surface area contributed by atoms with E-state index in [2.05, 4.69) is 9.89 Å². The zero-order valence-corrected chi connectivity index (χ0v) is 20.2. The van der Waals surface area contributed by atoms with Crippen LogP contribution in [0.3, 0.4) is 0 Å². The van der Waals surface area contributed by atoms with E-state index in [0.29, 0.717) is 26.4 Å². The average Bonchev–Trinajstić information content (AvgIpc) is 3.56. The van der Waals surface area contributed by atoms with Crippen molar-refractivity contribution in [3.8, 4) is 0 Å². The molecule has 172 valence electrons. The molecule has 1 fully saturated rings. The summed E-state index contributed by atoms with van der Waals surface area (Å²) in [4.78, 5) is 34.6. The van der Waals surface area contributed by atoms with E-state index in [-0.39, 0.29) is 12.2 Å². The summed E-state index contributed by atoms with van der Waals surface area (Å²) < 4.78 is 13.5. The lowest BCUT2D eigenvalue weighted by Gasteiger charge is -2.25. The molecule has 3 aromatic rings. The van der Waals surface area contributed by atoms with Gasteiger partial charge in [0.2, 0.25) is 0 Å². The van der Waals surface area contributed by atoms with Crippen molar-refractivity contribution in [1.29, 1.82) is 0 Å². The zero-order chi connectivity index (χ0) is 22.9. The normalized spacial score (nSPS) is 18.9. The molecule has 1 atom stereocenters. The maximum absolute atomic E-state index is 13.5. The molecular formula is C24H25N3O4S2. The van der Waals surface area contributed by atoms with Gasteiger partial charge < -0.3 is 14.1 Å². The molecule has 33 heavy (non-hydrogen) atoms. The van der Waals surface area contributed by atoms with Gasteiger partial charge in [-0.1, -0.05) is 17.4 Å². The number of ether oxygens (including phenoxy) is 1. The molecule has 7 nitrogen and oxygen atoms in total. The fraction of sp³-hybridized carbons (Fsp3) is 0.375. The number of carbonyl (C=O) groups excluding carboxylic acids is 1. The van der Waals surface area contributed by atoms with Crippen LogP contribution in [0.25, 0.3) is 6.08 Å². The number of nitrogens with zero attached hydrogens (tertiary/aromatic N) is 3. The number of allylic oxidation sites excluding steroid dienone is 1. The van der Waals surface area contributed by atoms with Crippen molar-refractivity contribution >= 4 is 40.6 Å². The number of esters is 1. The Hall–Kier alpha value is -2.91. The Bertz CT molecular complexity index is 1370. The number of carbonyl (C=O) groups is 1. The second-order valence-electron chi connectivity index (χ2n) is 8.04. The van der Waals surface area contributed by atoms with Crippen molar-refractivity contribution in [2.75, 3.05) is 24.6 Å². The third-order valence-electron chi connectivity index (χ3n) is 5.88. The molecule has 3 aromatic heterocycles. The number of aromatic nitrogens is 1. The summed E-state index contributed by atoms with van der Waals surface area (Å²) in [5, 5.41) is 1.94. The molecule has 0 N–H and O–H groups in total. The highest BCUT2D eigenvalue weighted by Crippen LogP contribution is 2.33. The maximum atomic E-state index is 13.5. The van der Waals surface area contributed by atoms with Gasteiger partial charge >= 0.3 is 5.97 Å². The number of fused-ring (bicyclic) bond motifs is 1. The second kappa shape index (κ2) is 9.15. The van der Waals surface area contributed by atoms with Crippen molar-refractivity contribution in [3.05, 3.63) is 71.2 Å². The first-order valence-electron chi connectivity index (χ1n) is 11.1. The number of furan rings is 1. The van der Waals surface area contributed by atoms with E-state index in [4.69, 9.17) is 9.15 Å². The minimum Gasteiger partial charge on any atom is -0.463 e. The van der Waals surface area contributed by atoms with Crippen molar-refractivity contribution in [1.82, 2.24) is 4.57 Å². The Morgan fingerprint density at radius 1 is 1.27 bits per heavy atom. The van der Waals surface area contributed by atoms with Crippen molar-refractivity contribution in [2.24, 2.45) is 4.99 Å². The molecule has 0 saturated carbocycles. The van der Waals surface area contributed by atoms with Crippen molar-refractivity contribution < 1.29 is 13.9 Å². The predicted octanol–water partition coefficient (Wildman–Crippen LogP) is 3.44. The standard InChI is InChI=1S/C24H25N3O4S2/c1-3-30-23(29)20-15(2)25-24-27(21(20)17-8-7-13-32-17)22(28)18(33-24)14-16-9-10-19(31-16)26-11-5-4-6-12-26/h7-10,13-14,21H,3-6,11-12H2,1-2H3/b18-14-/t21-/m0/s1. The average molecular weight is 484 g/mol. The molecule has 2 aliphatic heterocycles. The molecule has 0 aliphatic carbocycles. The smallest absolute Gasteiger partial charge is 0.338 e. The van der Waals surface area contributed by atoms with Crippen LogP contribution in [0, 0.1) is 0 Å². The molecule has 0 radical (unpaired) electrons. The Labute approximate surface area is 198 Å². The minimum atomic E-state index is -0.553. The van der Waals surface area contributed by atoms with Crippen molar-refractivity contribution in [3.63, 3.8) is 0 Å². The van der Waals surface area contributed by atoms with E-state index in [1.807, 2.05) is 29.6 Å². The maximum Gasteiger partial charge on any atom is 0.338 e. The summed E-state index contributed by atoms with van der Waals surface area (Å²) in [6, 6.07) is 7.16. The summed E-state index contributed by atoms with van der Waals surface area (Å²) >= 11 is 2.81. The van der Waals surface area contributed by atoms with Crippen LogP contribution in [0.2, 0.25) is 0 Å². The number of hydrogen-bond donors (Lipinski definition) is 0. The summed E-state index contributed by atoms with van der Waals surface area (Å²) in [6.07, 6.45) is 5.36. The topological polar surface area (TPSA) is 77.0 Å². The molecule has 0 amide bonds. The van der Waals surface area contributed by atoms with Gasteiger partial charge in [-0.25, -0.2) is 9.79 Å². The van der Waals surface area contributed by atoms with Crippen LogP contribution in [0.4, 0.5) is 5.88 Å². The second-order valence-corrected chi connectivity index (χ2v) is 10.0.